The van der Waals surface area contributed by atoms with Gasteiger partial charge >= 0.3 is 0 Å². The van der Waals surface area contributed by atoms with Gasteiger partial charge < -0.3 is 4.57 Å². The molecular weight excluding hydrogens is 181 g/mol. The molecule has 2 aromatic rings. The molecule has 0 atom stereocenters. The van der Waals surface area contributed by atoms with Crippen LogP contribution in [0.25, 0.3) is 10.9 Å². The van der Waals surface area contributed by atoms with Crippen LogP contribution >= 0.6 is 0 Å². The third kappa shape index (κ3) is 1.13. The molecule has 0 aliphatic carbocycles. The molecule has 2 nitrogen and oxygen atoms in total. The van der Waals surface area contributed by atoms with Crippen LogP contribution in [-0.2, 0) is 7.05 Å². The lowest BCUT2D eigenvalue weighted by Gasteiger charge is -2.00. The number of hydrogen-bond donors (Lipinski definition) is 0. The first-order valence-corrected chi connectivity index (χ1v) is 4.34. The zero-order valence-corrected chi connectivity index (χ0v) is 8.04. The number of fused-ring (bicyclic) bond motifs is 1. The number of aromatic nitrogens is 1. The van der Waals surface area contributed by atoms with Crippen LogP contribution in [0, 0.1) is 12.7 Å². The summed E-state index contributed by atoms with van der Waals surface area (Å²) < 4.78 is 15.2. The van der Waals surface area contributed by atoms with Gasteiger partial charge in [0.25, 0.3) is 0 Å². The average molecular weight is 191 g/mol. The van der Waals surface area contributed by atoms with Crippen LogP contribution in [-0.4, -0.2) is 10.9 Å². The molecule has 0 aliphatic rings. The quantitative estimate of drug-likeness (QED) is 0.634. The van der Waals surface area contributed by atoms with Crippen molar-refractivity contribution >= 4 is 17.2 Å². The summed E-state index contributed by atoms with van der Waals surface area (Å²) in [5, 5.41) is 0.827. The second-order valence-electron chi connectivity index (χ2n) is 3.40. The number of rotatable bonds is 1. The molecule has 0 fully saturated rings. The first-order valence-electron chi connectivity index (χ1n) is 4.34. The smallest absolute Gasteiger partial charge is 0.153 e. The predicted molar refractivity (Wildman–Crippen MR) is 53.0 cm³/mol. The van der Waals surface area contributed by atoms with E-state index in [0.717, 1.165) is 16.6 Å². The number of carbonyl (C=O) groups excluding carboxylic acids is 1. The first kappa shape index (κ1) is 8.94. The summed E-state index contributed by atoms with van der Waals surface area (Å²) in [6.07, 6.45) is 0.539. The molecule has 14 heavy (non-hydrogen) atoms. The minimum atomic E-state index is -0.460. The van der Waals surface area contributed by atoms with E-state index in [-0.39, 0.29) is 5.56 Å². The molecule has 2 rings (SSSR count). The molecule has 1 aromatic heterocycles. The van der Waals surface area contributed by atoms with Gasteiger partial charge in [-0.15, -0.1) is 0 Å². The lowest BCUT2D eigenvalue weighted by atomic mass is 10.1. The Morgan fingerprint density at radius 2 is 2.07 bits per heavy atom. The minimum Gasteiger partial charge on any atom is -0.348 e. The molecule has 1 heterocycles. The van der Waals surface area contributed by atoms with Crippen molar-refractivity contribution in [2.45, 2.75) is 6.92 Å². The van der Waals surface area contributed by atoms with Crippen LogP contribution in [0.4, 0.5) is 4.39 Å². The van der Waals surface area contributed by atoms with E-state index in [1.807, 2.05) is 24.6 Å². The van der Waals surface area contributed by atoms with Gasteiger partial charge in [0.15, 0.2) is 6.29 Å². The molecule has 0 bridgehead atoms. The van der Waals surface area contributed by atoms with Crippen LogP contribution in [0.1, 0.15) is 16.1 Å². The SMILES string of the molecule is Cc1cc2cc(F)c(C=O)cc2n1C. The molecule has 0 saturated carbocycles. The van der Waals surface area contributed by atoms with Crippen molar-refractivity contribution in [1.82, 2.24) is 4.57 Å². The van der Waals surface area contributed by atoms with E-state index in [4.69, 9.17) is 0 Å². The largest absolute Gasteiger partial charge is 0.348 e. The molecule has 3 heteroatoms. The average Bonchev–Trinajstić information content (AvgIpc) is 2.41. The van der Waals surface area contributed by atoms with E-state index in [1.165, 1.54) is 6.07 Å². The fourth-order valence-electron chi connectivity index (χ4n) is 1.60. The van der Waals surface area contributed by atoms with E-state index >= 15 is 0 Å². The molecule has 0 saturated heterocycles. The lowest BCUT2D eigenvalue weighted by molar-refractivity contribution is 0.112. The second kappa shape index (κ2) is 2.94. The van der Waals surface area contributed by atoms with Crippen molar-refractivity contribution in [3.05, 3.63) is 35.3 Å². The summed E-state index contributed by atoms with van der Waals surface area (Å²) in [6, 6.07) is 4.86. The third-order valence-electron chi connectivity index (χ3n) is 2.53. The highest BCUT2D eigenvalue weighted by Crippen LogP contribution is 2.21. The summed E-state index contributed by atoms with van der Waals surface area (Å²) >= 11 is 0. The highest BCUT2D eigenvalue weighted by molar-refractivity contribution is 5.88. The number of nitrogens with zero attached hydrogens (tertiary/aromatic N) is 1. The Hall–Kier alpha value is -1.64. The highest BCUT2D eigenvalue weighted by Gasteiger charge is 2.07. The predicted octanol–water partition coefficient (Wildman–Crippen LogP) is 2.44. The standard InChI is InChI=1S/C11H10FNO/c1-7-3-8-4-10(12)9(6-14)5-11(8)13(7)2/h3-6H,1-2H3. The number of carbonyl (C=O) groups is 1. The third-order valence-corrected chi connectivity index (χ3v) is 2.53. The van der Waals surface area contributed by atoms with Gasteiger partial charge in [-0.25, -0.2) is 4.39 Å². The van der Waals surface area contributed by atoms with Crippen molar-refractivity contribution in [3.8, 4) is 0 Å². The number of aldehydes is 1. The van der Waals surface area contributed by atoms with Crippen molar-refractivity contribution in [1.29, 1.82) is 0 Å². The monoisotopic (exact) mass is 191 g/mol. The molecule has 1 aromatic carbocycles. The van der Waals surface area contributed by atoms with Crippen LogP contribution in [0.2, 0.25) is 0 Å². The van der Waals surface area contributed by atoms with Gasteiger partial charge in [0, 0.05) is 23.6 Å². The minimum absolute atomic E-state index is 0.110. The summed E-state index contributed by atoms with van der Waals surface area (Å²) in [6.45, 7) is 1.94. The topological polar surface area (TPSA) is 22.0 Å². The normalized spacial score (nSPS) is 10.8. The van der Waals surface area contributed by atoms with E-state index in [1.54, 1.807) is 6.07 Å². The van der Waals surface area contributed by atoms with Gasteiger partial charge in [-0.05, 0) is 25.1 Å². The van der Waals surface area contributed by atoms with Gasteiger partial charge in [0.1, 0.15) is 5.82 Å². The van der Waals surface area contributed by atoms with Crippen molar-refractivity contribution in [2.24, 2.45) is 7.05 Å². The Kier molecular flexibility index (Phi) is 1.88. The van der Waals surface area contributed by atoms with Gasteiger partial charge in [-0.2, -0.15) is 0 Å². The van der Waals surface area contributed by atoms with Gasteiger partial charge in [-0.1, -0.05) is 0 Å². The zero-order chi connectivity index (χ0) is 10.3. The summed E-state index contributed by atoms with van der Waals surface area (Å²) in [4.78, 5) is 10.5. The van der Waals surface area contributed by atoms with Gasteiger partial charge in [0.2, 0.25) is 0 Å². The summed E-state index contributed by atoms with van der Waals surface area (Å²) in [7, 11) is 1.89. The molecular formula is C11H10FNO. The Bertz CT molecular complexity index is 513. The van der Waals surface area contributed by atoms with Crippen molar-refractivity contribution in [2.75, 3.05) is 0 Å². The maximum Gasteiger partial charge on any atom is 0.153 e. The van der Waals surface area contributed by atoms with Crippen LogP contribution in [0.3, 0.4) is 0 Å². The number of benzene rings is 1. The maximum atomic E-state index is 13.2. The summed E-state index contributed by atoms with van der Waals surface area (Å²) in [5.74, 6) is -0.460. The number of hydrogen-bond acceptors (Lipinski definition) is 1. The lowest BCUT2D eigenvalue weighted by Crippen LogP contribution is -1.92. The van der Waals surface area contributed by atoms with Crippen LogP contribution < -0.4 is 0 Å². The van der Waals surface area contributed by atoms with Crippen LogP contribution in [0.5, 0.6) is 0 Å². The van der Waals surface area contributed by atoms with E-state index in [0.29, 0.717) is 6.29 Å². The zero-order valence-electron chi connectivity index (χ0n) is 8.04. The van der Waals surface area contributed by atoms with E-state index in [9.17, 15) is 9.18 Å². The van der Waals surface area contributed by atoms with E-state index in [2.05, 4.69) is 0 Å². The Labute approximate surface area is 81.0 Å². The molecule has 72 valence electrons. The molecule has 0 radical (unpaired) electrons. The first-order chi connectivity index (χ1) is 6.63. The Balaban J connectivity index is 2.86. The highest BCUT2D eigenvalue weighted by atomic mass is 19.1. The molecule has 0 N–H and O–H groups in total. The molecule has 0 spiro atoms. The maximum absolute atomic E-state index is 13.2. The second-order valence-corrected chi connectivity index (χ2v) is 3.40. The fourth-order valence-corrected chi connectivity index (χ4v) is 1.60. The number of aryl methyl sites for hydroxylation is 2. The molecule has 0 aliphatic heterocycles. The Morgan fingerprint density at radius 3 is 2.71 bits per heavy atom. The summed E-state index contributed by atoms with van der Waals surface area (Å²) in [5.41, 5.74) is 2.03. The Morgan fingerprint density at radius 1 is 1.36 bits per heavy atom. The van der Waals surface area contributed by atoms with Crippen molar-refractivity contribution < 1.29 is 9.18 Å². The number of halogens is 1. The van der Waals surface area contributed by atoms with Crippen LogP contribution in [0.15, 0.2) is 18.2 Å². The molecule has 0 amide bonds. The fraction of sp³-hybridized carbons (Fsp3) is 0.182. The van der Waals surface area contributed by atoms with Crippen molar-refractivity contribution in [3.63, 3.8) is 0 Å². The van der Waals surface area contributed by atoms with Gasteiger partial charge in [0.05, 0.1) is 5.56 Å². The van der Waals surface area contributed by atoms with E-state index < -0.39 is 5.82 Å². The van der Waals surface area contributed by atoms with Gasteiger partial charge in [-0.3, -0.25) is 4.79 Å². The molecule has 0 unspecified atom stereocenters.